The summed E-state index contributed by atoms with van der Waals surface area (Å²) in [6.45, 7) is 6.77. The Hall–Kier alpha value is -1.36. The number of hydrogen-bond donors (Lipinski definition) is 1. The summed E-state index contributed by atoms with van der Waals surface area (Å²) in [4.78, 5) is 14.4. The fraction of sp³-hybridized carbons (Fsp3) is 0.714. The Morgan fingerprint density at radius 3 is 3.00 bits per heavy atom. The number of hydrogen-bond acceptors (Lipinski definition) is 3. The van der Waals surface area contributed by atoms with Crippen LogP contribution in [0.25, 0.3) is 0 Å². The molecule has 2 heterocycles. The van der Waals surface area contributed by atoms with Crippen LogP contribution in [-0.2, 0) is 7.05 Å². The van der Waals surface area contributed by atoms with Gasteiger partial charge in [0.25, 0.3) is 5.91 Å². The maximum absolute atomic E-state index is 12.5. The molecule has 1 aliphatic heterocycles. The third-order valence-corrected chi connectivity index (χ3v) is 3.61. The normalized spacial score (nSPS) is 19.7. The van der Waals surface area contributed by atoms with Gasteiger partial charge in [-0.3, -0.25) is 9.48 Å². The van der Waals surface area contributed by atoms with Crippen LogP contribution in [0, 0.1) is 6.92 Å². The van der Waals surface area contributed by atoms with Crippen LogP contribution in [0.2, 0.25) is 0 Å². The number of aryl methyl sites for hydroxylation is 2. The van der Waals surface area contributed by atoms with Gasteiger partial charge in [-0.15, -0.1) is 0 Å². The van der Waals surface area contributed by atoms with Crippen LogP contribution in [0.15, 0.2) is 6.07 Å². The van der Waals surface area contributed by atoms with Gasteiger partial charge in [-0.2, -0.15) is 5.10 Å². The highest BCUT2D eigenvalue weighted by molar-refractivity contribution is 5.92. The quantitative estimate of drug-likeness (QED) is 0.892. The Morgan fingerprint density at radius 1 is 1.58 bits per heavy atom. The van der Waals surface area contributed by atoms with Gasteiger partial charge in [0, 0.05) is 26.2 Å². The van der Waals surface area contributed by atoms with E-state index in [4.69, 9.17) is 0 Å². The van der Waals surface area contributed by atoms with E-state index in [9.17, 15) is 4.79 Å². The molecule has 0 saturated carbocycles. The minimum Gasteiger partial charge on any atom is -0.336 e. The van der Waals surface area contributed by atoms with Crippen molar-refractivity contribution in [1.29, 1.82) is 0 Å². The predicted molar refractivity (Wildman–Crippen MR) is 75.2 cm³/mol. The molecule has 0 bridgehead atoms. The molecule has 1 N–H and O–H groups in total. The Balaban J connectivity index is 2.01. The van der Waals surface area contributed by atoms with E-state index in [0.717, 1.165) is 44.6 Å². The molecule has 5 heteroatoms. The van der Waals surface area contributed by atoms with Crippen molar-refractivity contribution in [3.05, 3.63) is 17.5 Å². The summed E-state index contributed by atoms with van der Waals surface area (Å²) < 4.78 is 1.68. The summed E-state index contributed by atoms with van der Waals surface area (Å²) in [5, 5.41) is 7.76. The zero-order valence-corrected chi connectivity index (χ0v) is 12.1. The highest BCUT2D eigenvalue weighted by atomic mass is 16.2. The lowest BCUT2D eigenvalue weighted by molar-refractivity contribution is 0.0684. The van der Waals surface area contributed by atoms with Gasteiger partial charge in [0.05, 0.1) is 5.69 Å². The summed E-state index contributed by atoms with van der Waals surface area (Å²) >= 11 is 0. The summed E-state index contributed by atoms with van der Waals surface area (Å²) in [5.41, 5.74) is 1.58. The second kappa shape index (κ2) is 6.19. The zero-order valence-electron chi connectivity index (χ0n) is 12.1. The second-order valence-electron chi connectivity index (χ2n) is 5.34. The molecular formula is C14H24N4O. The third kappa shape index (κ3) is 3.35. The molecule has 1 aromatic rings. The van der Waals surface area contributed by atoms with Gasteiger partial charge in [0.15, 0.2) is 0 Å². The van der Waals surface area contributed by atoms with E-state index in [2.05, 4.69) is 17.3 Å². The highest BCUT2D eigenvalue weighted by Gasteiger charge is 2.25. The summed E-state index contributed by atoms with van der Waals surface area (Å²) in [7, 11) is 1.83. The summed E-state index contributed by atoms with van der Waals surface area (Å²) in [6.07, 6.45) is 3.36. The SMILES string of the molecule is CCCNC1CCCN(C(=O)c2cc(C)nn2C)C1. The first-order valence-electron chi connectivity index (χ1n) is 7.15. The Bertz CT molecular complexity index is 441. The van der Waals surface area contributed by atoms with E-state index in [-0.39, 0.29) is 5.91 Å². The van der Waals surface area contributed by atoms with Crippen molar-refractivity contribution in [2.24, 2.45) is 7.05 Å². The van der Waals surface area contributed by atoms with Crippen LogP contribution in [0.1, 0.15) is 42.4 Å². The number of rotatable bonds is 4. The number of nitrogens with zero attached hydrogens (tertiary/aromatic N) is 3. The molecule has 1 unspecified atom stereocenters. The maximum atomic E-state index is 12.5. The molecule has 1 fully saturated rings. The number of carbonyl (C=O) groups excluding carboxylic acids is 1. The number of likely N-dealkylation sites (tertiary alicyclic amines) is 1. The number of aromatic nitrogens is 2. The first kappa shape index (κ1) is 14.1. The van der Waals surface area contributed by atoms with Gasteiger partial charge < -0.3 is 10.2 Å². The van der Waals surface area contributed by atoms with Gasteiger partial charge in [0.2, 0.25) is 0 Å². The van der Waals surface area contributed by atoms with Gasteiger partial charge >= 0.3 is 0 Å². The molecule has 1 saturated heterocycles. The molecule has 0 spiro atoms. The largest absolute Gasteiger partial charge is 0.336 e. The molecule has 1 atom stereocenters. The molecular weight excluding hydrogens is 240 g/mol. The lowest BCUT2D eigenvalue weighted by atomic mass is 10.1. The molecule has 1 aromatic heterocycles. The van der Waals surface area contributed by atoms with Crippen molar-refractivity contribution in [2.75, 3.05) is 19.6 Å². The summed E-state index contributed by atoms with van der Waals surface area (Å²) in [6, 6.07) is 2.30. The van der Waals surface area contributed by atoms with Crippen molar-refractivity contribution in [2.45, 2.75) is 39.2 Å². The molecule has 19 heavy (non-hydrogen) atoms. The topological polar surface area (TPSA) is 50.2 Å². The zero-order chi connectivity index (χ0) is 13.8. The Morgan fingerprint density at radius 2 is 2.37 bits per heavy atom. The molecule has 1 aliphatic rings. The molecule has 0 radical (unpaired) electrons. The van der Waals surface area contributed by atoms with E-state index < -0.39 is 0 Å². The fourth-order valence-corrected chi connectivity index (χ4v) is 2.65. The number of nitrogens with one attached hydrogen (secondary N) is 1. The number of amides is 1. The van der Waals surface area contributed by atoms with E-state index in [0.29, 0.717) is 11.7 Å². The first-order valence-corrected chi connectivity index (χ1v) is 7.15. The van der Waals surface area contributed by atoms with E-state index >= 15 is 0 Å². The van der Waals surface area contributed by atoms with E-state index in [1.54, 1.807) is 4.68 Å². The minimum absolute atomic E-state index is 0.103. The smallest absolute Gasteiger partial charge is 0.272 e. The fourth-order valence-electron chi connectivity index (χ4n) is 2.65. The van der Waals surface area contributed by atoms with Crippen molar-refractivity contribution in [3.63, 3.8) is 0 Å². The monoisotopic (exact) mass is 264 g/mol. The molecule has 2 rings (SSSR count). The van der Waals surface area contributed by atoms with Crippen molar-refractivity contribution in [3.8, 4) is 0 Å². The summed E-state index contributed by atoms with van der Waals surface area (Å²) in [5.74, 6) is 0.103. The van der Waals surface area contributed by atoms with Crippen LogP contribution in [0.4, 0.5) is 0 Å². The predicted octanol–water partition coefficient (Wildman–Crippen LogP) is 1.33. The molecule has 0 aliphatic carbocycles. The number of piperidine rings is 1. The average Bonchev–Trinajstić information content (AvgIpc) is 2.75. The molecule has 0 aromatic carbocycles. The lowest BCUT2D eigenvalue weighted by Gasteiger charge is -2.33. The van der Waals surface area contributed by atoms with Crippen LogP contribution in [0.5, 0.6) is 0 Å². The van der Waals surface area contributed by atoms with Crippen LogP contribution in [0.3, 0.4) is 0 Å². The lowest BCUT2D eigenvalue weighted by Crippen LogP contribution is -2.48. The Kier molecular flexibility index (Phi) is 4.58. The second-order valence-corrected chi connectivity index (χ2v) is 5.34. The Labute approximate surface area is 115 Å². The molecule has 1 amide bonds. The van der Waals surface area contributed by atoms with Crippen molar-refractivity contribution >= 4 is 5.91 Å². The molecule has 5 nitrogen and oxygen atoms in total. The highest BCUT2D eigenvalue weighted by Crippen LogP contribution is 2.14. The van der Waals surface area contributed by atoms with Gasteiger partial charge in [-0.05, 0) is 38.8 Å². The van der Waals surface area contributed by atoms with Gasteiger partial charge in [-0.1, -0.05) is 6.92 Å². The van der Waals surface area contributed by atoms with Gasteiger partial charge in [0.1, 0.15) is 5.69 Å². The van der Waals surface area contributed by atoms with E-state index in [1.165, 1.54) is 0 Å². The van der Waals surface area contributed by atoms with E-state index in [1.807, 2.05) is 24.9 Å². The number of carbonyl (C=O) groups is 1. The molecule has 106 valence electrons. The first-order chi connectivity index (χ1) is 9.11. The average molecular weight is 264 g/mol. The van der Waals surface area contributed by atoms with Crippen LogP contribution >= 0.6 is 0 Å². The minimum atomic E-state index is 0.103. The van der Waals surface area contributed by atoms with Gasteiger partial charge in [-0.25, -0.2) is 0 Å². The third-order valence-electron chi connectivity index (χ3n) is 3.61. The van der Waals surface area contributed by atoms with Crippen LogP contribution < -0.4 is 5.32 Å². The van der Waals surface area contributed by atoms with Crippen LogP contribution in [-0.4, -0.2) is 46.3 Å². The van der Waals surface area contributed by atoms with Crippen molar-refractivity contribution < 1.29 is 4.79 Å². The van der Waals surface area contributed by atoms with Crippen molar-refractivity contribution in [1.82, 2.24) is 20.0 Å². The maximum Gasteiger partial charge on any atom is 0.272 e. The standard InChI is InChI=1S/C14H24N4O/c1-4-7-15-12-6-5-8-18(10-12)14(19)13-9-11(2)16-17(13)3/h9,12,15H,4-8,10H2,1-3H3.